The lowest BCUT2D eigenvalue weighted by Gasteiger charge is -2.34. The molecule has 3 rings (SSSR count). The molecule has 1 heterocycles. The Bertz CT molecular complexity index is 951. The van der Waals surface area contributed by atoms with Crippen LogP contribution in [0.5, 0.6) is 5.75 Å². The second-order valence-electron chi connectivity index (χ2n) is 6.76. The molecule has 7 nitrogen and oxygen atoms in total. The zero-order valence-electron chi connectivity index (χ0n) is 16.1. The summed E-state index contributed by atoms with van der Waals surface area (Å²) in [6.07, 6.45) is -0.369. The van der Waals surface area contributed by atoms with E-state index < -0.39 is 15.9 Å². The molecule has 2 aromatic rings. The van der Waals surface area contributed by atoms with Crippen LogP contribution in [0.4, 0.5) is 5.69 Å². The number of sulfonamides is 1. The zero-order chi connectivity index (χ0) is 20.3. The smallest absolute Gasteiger partial charge is 0.255 e. The first-order valence-corrected chi connectivity index (χ1v) is 10.5. The van der Waals surface area contributed by atoms with Crippen molar-refractivity contribution >= 4 is 21.6 Å². The maximum atomic E-state index is 13.0. The lowest BCUT2D eigenvalue weighted by molar-refractivity contribution is -0.0440. The van der Waals surface area contributed by atoms with Crippen molar-refractivity contribution in [2.75, 3.05) is 25.5 Å². The highest BCUT2D eigenvalue weighted by atomic mass is 32.2. The Morgan fingerprint density at radius 3 is 2.46 bits per heavy atom. The van der Waals surface area contributed by atoms with Gasteiger partial charge in [-0.15, -0.1) is 0 Å². The fraction of sp³-hybridized carbons (Fsp3) is 0.350. The molecule has 28 heavy (non-hydrogen) atoms. The van der Waals surface area contributed by atoms with E-state index in [1.54, 1.807) is 36.4 Å². The molecule has 0 aromatic heterocycles. The first-order valence-electron chi connectivity index (χ1n) is 9.01. The van der Waals surface area contributed by atoms with Crippen molar-refractivity contribution in [3.8, 4) is 5.75 Å². The van der Waals surface area contributed by atoms with Gasteiger partial charge in [0.15, 0.2) is 0 Å². The number of nitrogens with zero attached hydrogens (tertiary/aromatic N) is 1. The van der Waals surface area contributed by atoms with Crippen molar-refractivity contribution in [2.45, 2.75) is 31.0 Å². The molecule has 1 amide bonds. The van der Waals surface area contributed by atoms with Crippen molar-refractivity contribution in [3.05, 3.63) is 54.1 Å². The number of nitrogens with one attached hydrogen (secondary N) is 1. The molecule has 1 N–H and O–H groups in total. The molecule has 0 aliphatic carbocycles. The maximum Gasteiger partial charge on any atom is 0.255 e. The largest absolute Gasteiger partial charge is 0.495 e. The van der Waals surface area contributed by atoms with Crippen molar-refractivity contribution in [1.82, 2.24) is 4.31 Å². The molecule has 1 fully saturated rings. The van der Waals surface area contributed by atoms with Gasteiger partial charge in [0.05, 0.1) is 29.9 Å². The number of hydrogen-bond acceptors (Lipinski definition) is 5. The third kappa shape index (κ3) is 4.35. The topological polar surface area (TPSA) is 84.9 Å². The summed E-state index contributed by atoms with van der Waals surface area (Å²) in [5.74, 6) is 0.112. The van der Waals surface area contributed by atoms with E-state index in [1.165, 1.54) is 23.5 Å². The monoisotopic (exact) mass is 404 g/mol. The molecular weight excluding hydrogens is 380 g/mol. The Morgan fingerprint density at radius 1 is 1.11 bits per heavy atom. The number of rotatable bonds is 5. The summed E-state index contributed by atoms with van der Waals surface area (Å²) >= 11 is 0. The Labute approximate surface area is 165 Å². The number of anilines is 1. The number of amides is 1. The van der Waals surface area contributed by atoms with Crippen LogP contribution in [0.15, 0.2) is 53.4 Å². The lowest BCUT2D eigenvalue weighted by atomic mass is 10.2. The van der Waals surface area contributed by atoms with E-state index in [0.717, 1.165) is 0 Å². The van der Waals surface area contributed by atoms with Gasteiger partial charge in [-0.3, -0.25) is 4.79 Å². The fourth-order valence-corrected chi connectivity index (χ4v) is 4.85. The summed E-state index contributed by atoms with van der Waals surface area (Å²) in [6.45, 7) is 4.25. The van der Waals surface area contributed by atoms with Gasteiger partial charge in [-0.2, -0.15) is 4.31 Å². The number of methoxy groups -OCH3 is 1. The third-order valence-corrected chi connectivity index (χ3v) is 6.30. The summed E-state index contributed by atoms with van der Waals surface area (Å²) in [6, 6.07) is 13.1. The van der Waals surface area contributed by atoms with Crippen molar-refractivity contribution in [1.29, 1.82) is 0 Å². The molecule has 0 spiro atoms. The van der Waals surface area contributed by atoms with Crippen LogP contribution in [-0.4, -0.2) is 51.0 Å². The highest BCUT2D eigenvalue weighted by Crippen LogP contribution is 2.25. The van der Waals surface area contributed by atoms with Gasteiger partial charge in [0.2, 0.25) is 10.0 Å². The molecule has 1 aliphatic heterocycles. The van der Waals surface area contributed by atoms with E-state index >= 15 is 0 Å². The van der Waals surface area contributed by atoms with Crippen LogP contribution >= 0.6 is 0 Å². The molecule has 0 unspecified atom stereocenters. The van der Waals surface area contributed by atoms with Crippen LogP contribution in [0, 0.1) is 0 Å². The summed E-state index contributed by atoms with van der Waals surface area (Å²) in [5, 5.41) is 2.76. The minimum absolute atomic E-state index is 0.0847. The molecule has 0 bridgehead atoms. The molecule has 0 saturated carbocycles. The van der Waals surface area contributed by atoms with Gasteiger partial charge >= 0.3 is 0 Å². The van der Waals surface area contributed by atoms with Crippen LogP contribution < -0.4 is 10.1 Å². The molecule has 1 saturated heterocycles. The predicted molar refractivity (Wildman–Crippen MR) is 106 cm³/mol. The van der Waals surface area contributed by atoms with Gasteiger partial charge in [0, 0.05) is 18.7 Å². The van der Waals surface area contributed by atoms with Gasteiger partial charge in [-0.05, 0) is 44.2 Å². The van der Waals surface area contributed by atoms with Crippen molar-refractivity contribution in [2.24, 2.45) is 0 Å². The number of morpholine rings is 1. The van der Waals surface area contributed by atoms with Gasteiger partial charge in [-0.1, -0.05) is 18.2 Å². The first kappa shape index (κ1) is 20.3. The SMILES string of the molecule is COc1ccccc1NC(=O)c1cccc(S(=O)(=O)N2C[C@@H](C)O[C@H](C)C2)c1. The number of ether oxygens (including phenoxy) is 2. The van der Waals surface area contributed by atoms with Gasteiger partial charge in [0.1, 0.15) is 5.75 Å². The normalized spacial score (nSPS) is 20.5. The quantitative estimate of drug-likeness (QED) is 0.828. The number of benzene rings is 2. The van der Waals surface area contributed by atoms with Crippen molar-refractivity contribution < 1.29 is 22.7 Å². The lowest BCUT2D eigenvalue weighted by Crippen LogP contribution is -2.48. The van der Waals surface area contributed by atoms with E-state index in [2.05, 4.69) is 5.32 Å². The first-order chi connectivity index (χ1) is 13.3. The molecule has 150 valence electrons. The average molecular weight is 404 g/mol. The highest BCUT2D eigenvalue weighted by Gasteiger charge is 2.32. The van der Waals surface area contributed by atoms with E-state index in [4.69, 9.17) is 9.47 Å². The summed E-state index contributed by atoms with van der Waals surface area (Å²) < 4.78 is 38.3. The van der Waals surface area contributed by atoms with Crippen LogP contribution in [0.25, 0.3) is 0 Å². The standard InChI is InChI=1S/C20H24N2O5S/c1-14-12-22(13-15(2)27-14)28(24,25)17-8-6-7-16(11-17)20(23)21-18-9-4-5-10-19(18)26-3/h4-11,14-15H,12-13H2,1-3H3,(H,21,23)/t14-,15-/m1/s1. The van der Waals surface area contributed by atoms with Gasteiger partial charge < -0.3 is 14.8 Å². The summed E-state index contributed by atoms with van der Waals surface area (Å²) in [4.78, 5) is 12.7. The molecule has 1 aliphatic rings. The summed E-state index contributed by atoms with van der Waals surface area (Å²) in [5.41, 5.74) is 0.764. The molecule has 2 aromatic carbocycles. The average Bonchev–Trinajstić information content (AvgIpc) is 2.67. The number of hydrogen-bond donors (Lipinski definition) is 1. The van der Waals surface area contributed by atoms with E-state index in [9.17, 15) is 13.2 Å². The van der Waals surface area contributed by atoms with Gasteiger partial charge in [-0.25, -0.2) is 8.42 Å². The number of carbonyl (C=O) groups is 1. The van der Waals surface area contributed by atoms with Crippen LogP contribution in [-0.2, 0) is 14.8 Å². The number of para-hydroxylation sites is 2. The van der Waals surface area contributed by atoms with Gasteiger partial charge in [0.25, 0.3) is 5.91 Å². The fourth-order valence-electron chi connectivity index (χ4n) is 3.22. The molecule has 0 radical (unpaired) electrons. The number of carbonyl (C=O) groups excluding carboxylic acids is 1. The Morgan fingerprint density at radius 2 is 1.79 bits per heavy atom. The summed E-state index contributed by atoms with van der Waals surface area (Å²) in [7, 11) is -2.20. The van der Waals surface area contributed by atoms with E-state index in [-0.39, 0.29) is 35.8 Å². The second-order valence-corrected chi connectivity index (χ2v) is 8.70. The minimum atomic E-state index is -3.72. The van der Waals surface area contributed by atoms with Crippen LogP contribution in [0.1, 0.15) is 24.2 Å². The van der Waals surface area contributed by atoms with Crippen molar-refractivity contribution in [3.63, 3.8) is 0 Å². The minimum Gasteiger partial charge on any atom is -0.495 e. The molecular formula is C20H24N2O5S. The van der Waals surface area contributed by atoms with Crippen LogP contribution in [0.3, 0.4) is 0 Å². The van der Waals surface area contributed by atoms with Crippen LogP contribution in [0.2, 0.25) is 0 Å². The Kier molecular flexibility index (Phi) is 6.02. The second kappa shape index (κ2) is 8.30. The highest BCUT2D eigenvalue weighted by molar-refractivity contribution is 7.89. The van der Waals surface area contributed by atoms with E-state index in [1.807, 2.05) is 13.8 Å². The molecule has 8 heteroatoms. The van der Waals surface area contributed by atoms with E-state index in [0.29, 0.717) is 11.4 Å². The molecule has 2 atom stereocenters. The third-order valence-electron chi connectivity index (χ3n) is 4.48. The Hall–Kier alpha value is -2.42. The maximum absolute atomic E-state index is 13.0. The predicted octanol–water partition coefficient (Wildman–Crippen LogP) is 2.75. The zero-order valence-corrected chi connectivity index (χ0v) is 16.9. The Balaban J connectivity index is 1.84.